The van der Waals surface area contributed by atoms with Gasteiger partial charge >= 0.3 is 0 Å². The van der Waals surface area contributed by atoms with Gasteiger partial charge in [0.1, 0.15) is 18.0 Å². The monoisotopic (exact) mass is 313 g/mol. The van der Waals surface area contributed by atoms with Crippen LogP contribution < -0.4 is 10.5 Å². The Morgan fingerprint density at radius 2 is 2.17 bits per heavy atom. The first kappa shape index (κ1) is 14.3. The minimum absolute atomic E-state index is 0.0356. The number of ether oxygens (including phenoxy) is 1. The highest BCUT2D eigenvalue weighted by atomic mass is 16.5. The minimum atomic E-state index is 0.0356. The molecule has 1 fully saturated rings. The molecule has 0 aliphatic carbocycles. The molecule has 0 radical (unpaired) electrons. The van der Waals surface area contributed by atoms with Crippen LogP contribution in [0.5, 0.6) is 0 Å². The number of anilines is 1. The zero-order valence-electron chi connectivity index (χ0n) is 13.3. The number of aromatic nitrogens is 4. The molecule has 4 heterocycles. The van der Waals surface area contributed by atoms with Crippen LogP contribution in [0.15, 0.2) is 17.2 Å². The van der Waals surface area contributed by atoms with E-state index in [1.807, 2.05) is 13.0 Å². The highest BCUT2D eigenvalue weighted by Crippen LogP contribution is 2.28. The third-order valence-electron chi connectivity index (χ3n) is 4.73. The fourth-order valence-corrected chi connectivity index (χ4v) is 3.22. The second kappa shape index (κ2) is 5.42. The molecule has 120 valence electrons. The number of nitrogens with zero attached hydrogens (tertiary/aromatic N) is 5. The van der Waals surface area contributed by atoms with E-state index >= 15 is 0 Å². The largest absolute Gasteiger partial charge is 0.381 e. The maximum Gasteiger partial charge on any atom is 0.258 e. The van der Waals surface area contributed by atoms with Gasteiger partial charge in [-0.15, -0.1) is 0 Å². The van der Waals surface area contributed by atoms with E-state index in [1.54, 1.807) is 17.9 Å². The lowest BCUT2D eigenvalue weighted by molar-refractivity contribution is 0.193. The Labute approximate surface area is 134 Å². The van der Waals surface area contributed by atoms with Crippen molar-refractivity contribution in [3.05, 3.63) is 45.5 Å². The molecule has 1 atom stereocenters. The fraction of sp³-hybridized carbons (Fsp3) is 0.500. The molecule has 2 aromatic rings. The third-order valence-corrected chi connectivity index (χ3v) is 4.73. The van der Waals surface area contributed by atoms with Gasteiger partial charge in [-0.25, -0.2) is 15.0 Å². The van der Waals surface area contributed by atoms with Crippen molar-refractivity contribution in [2.75, 3.05) is 18.1 Å². The SMILES string of the molecule is Cc1nc2c(c(=O)n1C)CN(c1cc([C@@H]3CCOC3)ncn1)C2. The number of fused-ring (bicyclic) bond motifs is 1. The molecule has 2 aromatic heterocycles. The summed E-state index contributed by atoms with van der Waals surface area (Å²) in [6, 6.07) is 2.02. The number of rotatable bonds is 2. The molecular weight excluding hydrogens is 294 g/mol. The van der Waals surface area contributed by atoms with E-state index in [0.717, 1.165) is 48.2 Å². The molecule has 2 aliphatic heterocycles. The van der Waals surface area contributed by atoms with Gasteiger partial charge in [-0.1, -0.05) is 0 Å². The Kier molecular flexibility index (Phi) is 3.37. The van der Waals surface area contributed by atoms with Gasteiger partial charge in [0.25, 0.3) is 5.56 Å². The van der Waals surface area contributed by atoms with Crippen molar-refractivity contribution in [1.29, 1.82) is 0 Å². The Hall–Kier alpha value is -2.28. The second-order valence-electron chi connectivity index (χ2n) is 6.17. The highest BCUT2D eigenvalue weighted by molar-refractivity contribution is 5.45. The van der Waals surface area contributed by atoms with E-state index in [-0.39, 0.29) is 5.56 Å². The van der Waals surface area contributed by atoms with Gasteiger partial charge in [-0.2, -0.15) is 0 Å². The van der Waals surface area contributed by atoms with E-state index in [0.29, 0.717) is 19.0 Å². The zero-order chi connectivity index (χ0) is 16.0. The van der Waals surface area contributed by atoms with Crippen LogP contribution in [0.2, 0.25) is 0 Å². The maximum absolute atomic E-state index is 12.4. The lowest BCUT2D eigenvalue weighted by atomic mass is 10.0. The summed E-state index contributed by atoms with van der Waals surface area (Å²) in [6.45, 7) is 4.53. The first-order valence-corrected chi connectivity index (χ1v) is 7.83. The molecule has 23 heavy (non-hydrogen) atoms. The van der Waals surface area contributed by atoms with Gasteiger partial charge in [-0.3, -0.25) is 9.36 Å². The average Bonchev–Trinajstić information content (AvgIpc) is 3.22. The quantitative estimate of drug-likeness (QED) is 0.820. The number of hydrogen-bond acceptors (Lipinski definition) is 6. The van der Waals surface area contributed by atoms with E-state index in [1.165, 1.54) is 0 Å². The van der Waals surface area contributed by atoms with Crippen molar-refractivity contribution >= 4 is 5.82 Å². The molecule has 0 N–H and O–H groups in total. The lowest BCUT2D eigenvalue weighted by Crippen LogP contribution is -2.25. The molecule has 0 amide bonds. The van der Waals surface area contributed by atoms with Gasteiger partial charge in [0.2, 0.25) is 0 Å². The minimum Gasteiger partial charge on any atom is -0.381 e. The standard InChI is InChI=1S/C16H19N5O2/c1-10-19-14-7-21(6-12(14)16(22)20(10)2)15-5-13(17-9-18-15)11-3-4-23-8-11/h5,9,11H,3-4,6-8H2,1-2H3/t11-/m1/s1. The first-order chi connectivity index (χ1) is 11.1. The zero-order valence-corrected chi connectivity index (χ0v) is 13.3. The van der Waals surface area contributed by atoms with Gasteiger partial charge in [0, 0.05) is 25.6 Å². The van der Waals surface area contributed by atoms with Crippen molar-refractivity contribution in [3.8, 4) is 0 Å². The smallest absolute Gasteiger partial charge is 0.258 e. The summed E-state index contributed by atoms with van der Waals surface area (Å²) in [5.74, 6) is 1.93. The Morgan fingerprint density at radius 3 is 2.96 bits per heavy atom. The number of hydrogen-bond donors (Lipinski definition) is 0. The Balaban J connectivity index is 1.64. The molecule has 7 heteroatoms. The predicted octanol–water partition coefficient (Wildman–Crippen LogP) is 0.903. The molecule has 7 nitrogen and oxygen atoms in total. The first-order valence-electron chi connectivity index (χ1n) is 7.83. The lowest BCUT2D eigenvalue weighted by Gasteiger charge is -2.17. The van der Waals surface area contributed by atoms with E-state index in [2.05, 4.69) is 19.9 Å². The van der Waals surface area contributed by atoms with Crippen LogP contribution in [0.25, 0.3) is 0 Å². The molecular formula is C16H19N5O2. The fourth-order valence-electron chi connectivity index (χ4n) is 3.22. The third kappa shape index (κ3) is 2.41. The average molecular weight is 313 g/mol. The second-order valence-corrected chi connectivity index (χ2v) is 6.17. The van der Waals surface area contributed by atoms with E-state index in [4.69, 9.17) is 4.74 Å². The maximum atomic E-state index is 12.4. The van der Waals surface area contributed by atoms with Crippen molar-refractivity contribution < 1.29 is 4.74 Å². The molecule has 1 saturated heterocycles. The molecule has 0 bridgehead atoms. The summed E-state index contributed by atoms with van der Waals surface area (Å²) < 4.78 is 7.04. The summed E-state index contributed by atoms with van der Waals surface area (Å²) in [5, 5.41) is 0. The van der Waals surface area contributed by atoms with Crippen molar-refractivity contribution in [1.82, 2.24) is 19.5 Å². The Morgan fingerprint density at radius 1 is 1.30 bits per heavy atom. The van der Waals surface area contributed by atoms with E-state index in [9.17, 15) is 4.79 Å². The van der Waals surface area contributed by atoms with Crippen LogP contribution in [-0.2, 0) is 24.9 Å². The summed E-state index contributed by atoms with van der Waals surface area (Å²) >= 11 is 0. The van der Waals surface area contributed by atoms with Gasteiger partial charge < -0.3 is 9.64 Å². The summed E-state index contributed by atoms with van der Waals surface area (Å²) in [5.41, 5.74) is 2.67. The molecule has 2 aliphatic rings. The van der Waals surface area contributed by atoms with E-state index < -0.39 is 0 Å². The van der Waals surface area contributed by atoms with Crippen LogP contribution in [0.1, 0.15) is 35.1 Å². The molecule has 0 aromatic carbocycles. The van der Waals surface area contributed by atoms with Crippen molar-refractivity contribution in [2.45, 2.75) is 32.4 Å². The topological polar surface area (TPSA) is 73.1 Å². The van der Waals surface area contributed by atoms with Gasteiger partial charge in [-0.05, 0) is 13.3 Å². The molecule has 0 spiro atoms. The van der Waals surface area contributed by atoms with Crippen molar-refractivity contribution in [3.63, 3.8) is 0 Å². The Bertz CT molecular complexity index is 811. The normalized spacial score (nSPS) is 20.1. The highest BCUT2D eigenvalue weighted by Gasteiger charge is 2.27. The van der Waals surface area contributed by atoms with Crippen LogP contribution in [-0.4, -0.2) is 32.7 Å². The van der Waals surface area contributed by atoms with Crippen LogP contribution in [0.3, 0.4) is 0 Å². The van der Waals surface area contributed by atoms with Gasteiger partial charge in [0.15, 0.2) is 0 Å². The summed E-state index contributed by atoms with van der Waals surface area (Å²) in [6.07, 6.45) is 2.60. The van der Waals surface area contributed by atoms with Crippen molar-refractivity contribution in [2.24, 2.45) is 7.05 Å². The molecule has 0 saturated carbocycles. The predicted molar refractivity (Wildman–Crippen MR) is 84.3 cm³/mol. The summed E-state index contributed by atoms with van der Waals surface area (Å²) in [4.78, 5) is 27.8. The molecule has 4 rings (SSSR count). The molecule has 0 unspecified atom stereocenters. The number of aryl methyl sites for hydroxylation is 1. The summed E-state index contributed by atoms with van der Waals surface area (Å²) in [7, 11) is 1.76. The van der Waals surface area contributed by atoms with Gasteiger partial charge in [0.05, 0.1) is 36.6 Å². The van der Waals surface area contributed by atoms with Crippen LogP contribution >= 0.6 is 0 Å². The van der Waals surface area contributed by atoms with Crippen LogP contribution in [0, 0.1) is 6.92 Å². The van der Waals surface area contributed by atoms with Crippen LogP contribution in [0.4, 0.5) is 5.82 Å².